The molecule has 0 atom stereocenters. The molecule has 0 heterocycles. The second-order valence-corrected chi connectivity index (χ2v) is 6.62. The highest BCUT2D eigenvalue weighted by molar-refractivity contribution is 7.90. The Hall–Kier alpha value is -2.08. The highest BCUT2D eigenvalue weighted by Gasteiger charge is 2.14. The molecule has 6 heteroatoms. The van der Waals surface area contributed by atoms with Crippen LogP contribution in [-0.2, 0) is 9.84 Å². The Morgan fingerprint density at radius 3 is 2.50 bits per heavy atom. The van der Waals surface area contributed by atoms with Crippen molar-refractivity contribution in [3.63, 3.8) is 0 Å². The smallest absolute Gasteiger partial charge is 0.177 e. The molecule has 0 aliphatic heterocycles. The summed E-state index contributed by atoms with van der Waals surface area (Å²) >= 11 is 0. The minimum Gasteiger partial charge on any atom is -0.396 e. The minimum atomic E-state index is -3.40. The van der Waals surface area contributed by atoms with Crippen molar-refractivity contribution in [2.24, 2.45) is 0 Å². The van der Waals surface area contributed by atoms with Crippen molar-refractivity contribution >= 4 is 26.9 Å². The maximum atomic E-state index is 13.3. The van der Waals surface area contributed by atoms with Crippen LogP contribution in [0.5, 0.6) is 0 Å². The van der Waals surface area contributed by atoms with Crippen LogP contribution in [0.1, 0.15) is 5.56 Å². The Balaban J connectivity index is 2.44. The van der Waals surface area contributed by atoms with Gasteiger partial charge in [0.1, 0.15) is 5.82 Å². The first-order chi connectivity index (χ1) is 9.27. The zero-order valence-corrected chi connectivity index (χ0v) is 12.0. The summed E-state index contributed by atoms with van der Waals surface area (Å²) < 4.78 is 36.5. The fraction of sp³-hybridized carbons (Fsp3) is 0.143. The fourth-order valence-corrected chi connectivity index (χ4v) is 2.78. The van der Waals surface area contributed by atoms with Crippen molar-refractivity contribution in [3.8, 4) is 0 Å². The Morgan fingerprint density at radius 1 is 1.20 bits per heavy atom. The van der Waals surface area contributed by atoms with Crippen LogP contribution in [0.25, 0.3) is 0 Å². The highest BCUT2D eigenvalue weighted by Crippen LogP contribution is 2.29. The number of nitrogen functional groups attached to an aromatic ring is 1. The van der Waals surface area contributed by atoms with E-state index < -0.39 is 9.84 Å². The minimum absolute atomic E-state index is 0.0515. The molecule has 3 N–H and O–H groups in total. The molecule has 0 aliphatic carbocycles. The quantitative estimate of drug-likeness (QED) is 0.854. The van der Waals surface area contributed by atoms with Crippen molar-refractivity contribution < 1.29 is 12.8 Å². The van der Waals surface area contributed by atoms with Gasteiger partial charge in [-0.15, -0.1) is 0 Å². The van der Waals surface area contributed by atoms with Crippen LogP contribution in [0, 0.1) is 12.7 Å². The first-order valence-corrected chi connectivity index (χ1v) is 7.79. The number of hydrogen-bond acceptors (Lipinski definition) is 4. The lowest BCUT2D eigenvalue weighted by Crippen LogP contribution is -2.05. The highest BCUT2D eigenvalue weighted by atomic mass is 32.2. The summed E-state index contributed by atoms with van der Waals surface area (Å²) in [6, 6.07) is 9.13. The van der Waals surface area contributed by atoms with Crippen molar-refractivity contribution in [2.75, 3.05) is 17.3 Å². The van der Waals surface area contributed by atoms with E-state index in [9.17, 15) is 12.8 Å². The predicted molar refractivity (Wildman–Crippen MR) is 78.4 cm³/mol. The Kier molecular flexibility index (Phi) is 3.67. The molecule has 0 aliphatic rings. The number of nitrogens with two attached hydrogens (primary N) is 1. The van der Waals surface area contributed by atoms with Gasteiger partial charge in [-0.25, -0.2) is 12.8 Å². The molecule has 0 unspecified atom stereocenters. The van der Waals surface area contributed by atoms with Crippen LogP contribution in [-0.4, -0.2) is 14.7 Å². The summed E-state index contributed by atoms with van der Waals surface area (Å²) in [7, 11) is -3.40. The first kappa shape index (κ1) is 14.3. The van der Waals surface area contributed by atoms with Crippen LogP contribution in [0.3, 0.4) is 0 Å². The van der Waals surface area contributed by atoms with E-state index in [0.717, 1.165) is 11.8 Å². The van der Waals surface area contributed by atoms with E-state index in [1.807, 2.05) is 0 Å². The summed E-state index contributed by atoms with van der Waals surface area (Å²) in [6.07, 6.45) is 1.09. The summed E-state index contributed by atoms with van der Waals surface area (Å²) in [6.45, 7) is 1.77. The van der Waals surface area contributed by atoms with Gasteiger partial charge in [-0.2, -0.15) is 0 Å². The van der Waals surface area contributed by atoms with Gasteiger partial charge < -0.3 is 11.1 Å². The molecule has 0 radical (unpaired) electrons. The molecule has 0 aromatic heterocycles. The van der Waals surface area contributed by atoms with Gasteiger partial charge in [-0.1, -0.05) is 6.07 Å². The maximum Gasteiger partial charge on any atom is 0.177 e. The number of halogens is 1. The molecule has 106 valence electrons. The number of rotatable bonds is 3. The lowest BCUT2D eigenvalue weighted by Gasteiger charge is -2.12. The van der Waals surface area contributed by atoms with Crippen molar-refractivity contribution in [1.82, 2.24) is 0 Å². The Labute approximate surface area is 117 Å². The summed E-state index contributed by atoms with van der Waals surface area (Å²) in [4.78, 5) is 0.0515. The Bertz CT molecular complexity index is 738. The van der Waals surface area contributed by atoms with Crippen molar-refractivity contribution in [1.29, 1.82) is 0 Å². The third-order valence-corrected chi connectivity index (χ3v) is 3.94. The number of hydrogen-bond donors (Lipinski definition) is 2. The Morgan fingerprint density at radius 2 is 1.90 bits per heavy atom. The topological polar surface area (TPSA) is 72.2 Å². The van der Waals surface area contributed by atoms with E-state index in [1.54, 1.807) is 25.1 Å². The summed E-state index contributed by atoms with van der Waals surface area (Å²) in [5, 5.41) is 2.94. The molecule has 0 spiro atoms. The lowest BCUT2D eigenvalue weighted by molar-refractivity contribution is 0.602. The zero-order valence-electron chi connectivity index (χ0n) is 11.1. The summed E-state index contributed by atoms with van der Waals surface area (Å²) in [5.41, 5.74) is 7.68. The standard InChI is InChI=1S/C14H15FN2O2S/c1-9-6-10(15)8-11(7-9)17-12-4-3-5-13(14(12)16)20(2,18)19/h3-8,17H,16H2,1-2H3. The number of benzene rings is 2. The molecule has 0 bridgehead atoms. The third kappa shape index (κ3) is 3.08. The molecule has 0 fully saturated rings. The SMILES string of the molecule is Cc1cc(F)cc(Nc2cccc(S(C)(=O)=O)c2N)c1. The van der Waals surface area contributed by atoms with Gasteiger partial charge in [0.25, 0.3) is 0 Å². The molecular weight excluding hydrogens is 279 g/mol. The molecule has 2 aromatic rings. The molecule has 0 amide bonds. The van der Waals surface area contributed by atoms with Gasteiger partial charge in [-0.3, -0.25) is 0 Å². The molecule has 2 rings (SSSR count). The third-order valence-electron chi connectivity index (χ3n) is 2.79. The molecule has 0 saturated carbocycles. The lowest BCUT2D eigenvalue weighted by atomic mass is 10.2. The van der Waals surface area contributed by atoms with Gasteiger partial charge in [0, 0.05) is 11.9 Å². The van der Waals surface area contributed by atoms with Gasteiger partial charge in [0.05, 0.1) is 16.3 Å². The fourth-order valence-electron chi connectivity index (χ4n) is 1.94. The average molecular weight is 294 g/mol. The van der Waals surface area contributed by atoms with E-state index in [0.29, 0.717) is 11.4 Å². The predicted octanol–water partition coefficient (Wildman–Crippen LogP) is 2.86. The second-order valence-electron chi connectivity index (χ2n) is 4.63. The zero-order chi connectivity index (χ0) is 14.9. The van der Waals surface area contributed by atoms with Gasteiger partial charge >= 0.3 is 0 Å². The van der Waals surface area contributed by atoms with Crippen LogP contribution >= 0.6 is 0 Å². The summed E-state index contributed by atoms with van der Waals surface area (Å²) in [5.74, 6) is -0.370. The number of para-hydroxylation sites is 1. The van der Waals surface area contributed by atoms with E-state index >= 15 is 0 Å². The molecule has 0 saturated heterocycles. The number of nitrogens with one attached hydrogen (secondary N) is 1. The van der Waals surface area contributed by atoms with E-state index in [2.05, 4.69) is 5.32 Å². The van der Waals surface area contributed by atoms with E-state index in [-0.39, 0.29) is 16.4 Å². The van der Waals surface area contributed by atoms with E-state index in [4.69, 9.17) is 5.73 Å². The van der Waals surface area contributed by atoms with Crippen LogP contribution in [0.15, 0.2) is 41.3 Å². The average Bonchev–Trinajstić information content (AvgIpc) is 2.29. The second kappa shape index (κ2) is 5.13. The number of anilines is 3. The first-order valence-electron chi connectivity index (χ1n) is 5.90. The molecule has 2 aromatic carbocycles. The van der Waals surface area contributed by atoms with Gasteiger partial charge in [0.15, 0.2) is 9.84 Å². The van der Waals surface area contributed by atoms with Crippen LogP contribution < -0.4 is 11.1 Å². The van der Waals surface area contributed by atoms with E-state index in [1.165, 1.54) is 18.2 Å². The van der Waals surface area contributed by atoms with Crippen LogP contribution in [0.2, 0.25) is 0 Å². The monoisotopic (exact) mass is 294 g/mol. The van der Waals surface area contributed by atoms with Gasteiger partial charge in [0.2, 0.25) is 0 Å². The number of sulfone groups is 1. The molecular formula is C14H15FN2O2S. The largest absolute Gasteiger partial charge is 0.396 e. The van der Waals surface area contributed by atoms with Crippen molar-refractivity contribution in [2.45, 2.75) is 11.8 Å². The van der Waals surface area contributed by atoms with Crippen molar-refractivity contribution in [3.05, 3.63) is 47.8 Å². The molecule has 20 heavy (non-hydrogen) atoms. The molecule has 4 nitrogen and oxygen atoms in total. The maximum absolute atomic E-state index is 13.3. The van der Waals surface area contributed by atoms with Crippen LogP contribution in [0.4, 0.5) is 21.5 Å². The van der Waals surface area contributed by atoms with Gasteiger partial charge in [-0.05, 0) is 42.8 Å². The normalized spacial score (nSPS) is 11.3. The number of aryl methyl sites for hydroxylation is 1.